The molecule has 1 aliphatic heterocycles. The van der Waals surface area contributed by atoms with Gasteiger partial charge in [0.05, 0.1) is 34.7 Å². The summed E-state index contributed by atoms with van der Waals surface area (Å²) in [5.41, 5.74) is 0.699. The first kappa shape index (κ1) is 26.0. The van der Waals surface area contributed by atoms with Crippen LogP contribution < -0.4 is 9.54 Å². The summed E-state index contributed by atoms with van der Waals surface area (Å²) in [4.78, 5) is 30.0. The molecule has 4 rings (SSSR count). The molecule has 2 heterocycles. The van der Waals surface area contributed by atoms with Gasteiger partial charge in [0.1, 0.15) is 18.1 Å². The standard InChI is InChI=1S/C24H26FN3O6S2/c1-3-34-22(29)15-28-20-11-8-18(33-2)13-21(20)35-24(28)26-23(30)16-5-4-12-27(14-16)36(31,32)19-9-6-17(25)7-10-19/h6-11,13,16H,3-5,12,14-15H2,1-2H3. The van der Waals surface area contributed by atoms with Gasteiger partial charge in [-0.15, -0.1) is 0 Å². The Morgan fingerprint density at radius 3 is 2.64 bits per heavy atom. The number of halogens is 1. The van der Waals surface area contributed by atoms with Crippen molar-refractivity contribution in [1.29, 1.82) is 0 Å². The fourth-order valence-electron chi connectivity index (χ4n) is 4.06. The molecule has 1 fully saturated rings. The Bertz CT molecular complexity index is 1450. The molecule has 0 aliphatic carbocycles. The molecule has 3 aromatic rings. The molecule has 12 heteroatoms. The highest BCUT2D eigenvalue weighted by Crippen LogP contribution is 2.26. The third-order valence-electron chi connectivity index (χ3n) is 5.87. The number of carbonyl (C=O) groups is 2. The minimum absolute atomic E-state index is 0.0281. The molecule has 1 aliphatic rings. The van der Waals surface area contributed by atoms with Crippen LogP contribution in [0.15, 0.2) is 52.4 Å². The average Bonchev–Trinajstić information content (AvgIpc) is 3.20. The lowest BCUT2D eigenvalue weighted by Crippen LogP contribution is -2.42. The Hall–Kier alpha value is -3.09. The van der Waals surface area contributed by atoms with Crippen LogP contribution in [0.4, 0.5) is 4.39 Å². The minimum Gasteiger partial charge on any atom is -0.497 e. The lowest BCUT2D eigenvalue weighted by molar-refractivity contribution is -0.143. The number of methoxy groups -OCH3 is 1. The van der Waals surface area contributed by atoms with E-state index in [0.29, 0.717) is 28.9 Å². The van der Waals surface area contributed by atoms with E-state index < -0.39 is 33.6 Å². The first-order valence-electron chi connectivity index (χ1n) is 11.4. The lowest BCUT2D eigenvalue weighted by Gasteiger charge is -2.30. The summed E-state index contributed by atoms with van der Waals surface area (Å²) in [6.45, 7) is 2.04. The molecule has 0 bridgehead atoms. The Labute approximate surface area is 211 Å². The van der Waals surface area contributed by atoms with E-state index in [-0.39, 0.29) is 31.1 Å². The maximum Gasteiger partial charge on any atom is 0.326 e. The first-order chi connectivity index (χ1) is 17.2. The first-order valence-corrected chi connectivity index (χ1v) is 13.7. The molecule has 1 unspecified atom stereocenters. The number of esters is 1. The minimum atomic E-state index is -3.88. The Balaban J connectivity index is 1.64. The summed E-state index contributed by atoms with van der Waals surface area (Å²) in [6, 6.07) is 9.94. The monoisotopic (exact) mass is 535 g/mol. The van der Waals surface area contributed by atoms with Crippen LogP contribution in [0.5, 0.6) is 5.75 Å². The molecule has 1 saturated heterocycles. The van der Waals surface area contributed by atoms with Gasteiger partial charge in [0.15, 0.2) is 4.80 Å². The fourth-order valence-corrected chi connectivity index (χ4v) is 6.64. The predicted molar refractivity (Wildman–Crippen MR) is 131 cm³/mol. The van der Waals surface area contributed by atoms with Crippen LogP contribution in [0.3, 0.4) is 0 Å². The van der Waals surface area contributed by atoms with E-state index in [2.05, 4.69) is 4.99 Å². The third-order valence-corrected chi connectivity index (χ3v) is 8.79. The number of rotatable bonds is 7. The van der Waals surface area contributed by atoms with Crippen molar-refractivity contribution in [1.82, 2.24) is 8.87 Å². The number of benzene rings is 2. The molecule has 0 spiro atoms. The van der Waals surface area contributed by atoms with Crippen LogP contribution in [0, 0.1) is 11.7 Å². The van der Waals surface area contributed by atoms with Crippen molar-refractivity contribution >= 4 is 43.5 Å². The normalized spacial score (nSPS) is 17.3. The molecule has 0 saturated carbocycles. The number of fused-ring (bicyclic) bond motifs is 1. The van der Waals surface area contributed by atoms with E-state index in [1.54, 1.807) is 36.8 Å². The van der Waals surface area contributed by atoms with Gasteiger partial charge in [0.25, 0.3) is 5.91 Å². The summed E-state index contributed by atoms with van der Waals surface area (Å²) < 4.78 is 53.3. The zero-order chi connectivity index (χ0) is 25.9. The van der Waals surface area contributed by atoms with Crippen LogP contribution >= 0.6 is 11.3 Å². The zero-order valence-electron chi connectivity index (χ0n) is 19.8. The van der Waals surface area contributed by atoms with Crippen LogP contribution in [0.1, 0.15) is 19.8 Å². The van der Waals surface area contributed by atoms with Gasteiger partial charge in [-0.3, -0.25) is 9.59 Å². The second kappa shape index (κ2) is 10.9. The molecule has 36 heavy (non-hydrogen) atoms. The topological polar surface area (TPSA) is 107 Å². The fraction of sp³-hybridized carbons (Fsp3) is 0.375. The maximum absolute atomic E-state index is 13.3. The van der Waals surface area contributed by atoms with E-state index in [0.717, 1.165) is 16.8 Å². The van der Waals surface area contributed by atoms with Crippen molar-refractivity contribution in [2.75, 3.05) is 26.8 Å². The second-order valence-electron chi connectivity index (χ2n) is 8.22. The number of ether oxygens (including phenoxy) is 2. The van der Waals surface area contributed by atoms with Gasteiger partial charge in [0.2, 0.25) is 10.0 Å². The molecule has 0 radical (unpaired) electrons. The van der Waals surface area contributed by atoms with E-state index in [4.69, 9.17) is 9.47 Å². The number of carbonyl (C=O) groups excluding carboxylic acids is 2. The Kier molecular flexibility index (Phi) is 7.86. The number of sulfonamides is 1. The van der Waals surface area contributed by atoms with Gasteiger partial charge in [-0.1, -0.05) is 11.3 Å². The molecule has 1 amide bonds. The molecular formula is C24H26FN3O6S2. The van der Waals surface area contributed by atoms with Gasteiger partial charge >= 0.3 is 5.97 Å². The number of aromatic nitrogens is 1. The summed E-state index contributed by atoms with van der Waals surface area (Å²) in [5, 5.41) is 0. The van der Waals surface area contributed by atoms with Crippen LogP contribution in [0.25, 0.3) is 10.2 Å². The van der Waals surface area contributed by atoms with E-state index >= 15 is 0 Å². The SMILES string of the molecule is CCOC(=O)Cn1c(=NC(=O)C2CCCN(S(=O)(=O)c3ccc(F)cc3)C2)sc2cc(OC)ccc21. The summed E-state index contributed by atoms with van der Waals surface area (Å²) >= 11 is 1.23. The average molecular weight is 536 g/mol. The highest BCUT2D eigenvalue weighted by atomic mass is 32.2. The van der Waals surface area contributed by atoms with Crippen molar-refractivity contribution in [2.45, 2.75) is 31.2 Å². The highest BCUT2D eigenvalue weighted by molar-refractivity contribution is 7.89. The Morgan fingerprint density at radius 1 is 1.19 bits per heavy atom. The molecule has 192 valence electrons. The number of piperidine rings is 1. The second-order valence-corrected chi connectivity index (χ2v) is 11.2. The molecule has 1 aromatic heterocycles. The van der Waals surface area contributed by atoms with E-state index in [1.807, 2.05) is 0 Å². The number of hydrogen-bond donors (Lipinski definition) is 0. The number of thiazole rings is 1. The zero-order valence-corrected chi connectivity index (χ0v) is 21.5. The molecule has 0 N–H and O–H groups in total. The number of hydrogen-bond acceptors (Lipinski definition) is 7. The van der Waals surface area contributed by atoms with Gasteiger partial charge in [-0.05, 0) is 62.2 Å². The molecular weight excluding hydrogens is 509 g/mol. The quantitative estimate of drug-likeness (QED) is 0.431. The van der Waals surface area contributed by atoms with Crippen molar-refractivity contribution in [3.05, 3.63) is 53.1 Å². The lowest BCUT2D eigenvalue weighted by atomic mass is 9.99. The maximum atomic E-state index is 13.3. The summed E-state index contributed by atoms with van der Waals surface area (Å²) in [5.74, 6) is -1.48. The van der Waals surface area contributed by atoms with Crippen LogP contribution in [-0.4, -0.2) is 56.0 Å². The van der Waals surface area contributed by atoms with Crippen molar-refractivity contribution in [3.63, 3.8) is 0 Å². The third kappa shape index (κ3) is 5.50. The summed E-state index contributed by atoms with van der Waals surface area (Å²) in [6.07, 6.45) is 0.965. The van der Waals surface area contributed by atoms with Crippen molar-refractivity contribution in [3.8, 4) is 5.75 Å². The van der Waals surface area contributed by atoms with Gasteiger partial charge in [0, 0.05) is 13.1 Å². The van der Waals surface area contributed by atoms with Gasteiger partial charge in [-0.2, -0.15) is 9.30 Å². The van der Waals surface area contributed by atoms with Crippen LogP contribution in [0.2, 0.25) is 0 Å². The predicted octanol–water partition coefficient (Wildman–Crippen LogP) is 2.94. The smallest absolute Gasteiger partial charge is 0.326 e. The largest absolute Gasteiger partial charge is 0.497 e. The van der Waals surface area contributed by atoms with Gasteiger partial charge < -0.3 is 14.0 Å². The van der Waals surface area contributed by atoms with Crippen molar-refractivity contribution in [2.24, 2.45) is 10.9 Å². The molecule has 9 nitrogen and oxygen atoms in total. The van der Waals surface area contributed by atoms with Crippen molar-refractivity contribution < 1.29 is 31.9 Å². The molecule has 1 atom stereocenters. The van der Waals surface area contributed by atoms with E-state index in [1.165, 1.54) is 27.8 Å². The number of nitrogens with zero attached hydrogens (tertiary/aromatic N) is 3. The van der Waals surface area contributed by atoms with Gasteiger partial charge in [-0.25, -0.2) is 12.8 Å². The number of amides is 1. The van der Waals surface area contributed by atoms with E-state index in [9.17, 15) is 22.4 Å². The van der Waals surface area contributed by atoms with Crippen LogP contribution in [-0.2, 0) is 30.9 Å². The highest BCUT2D eigenvalue weighted by Gasteiger charge is 2.33. The Morgan fingerprint density at radius 2 is 1.94 bits per heavy atom. The summed E-state index contributed by atoms with van der Waals surface area (Å²) in [7, 11) is -2.33. The molecule has 2 aromatic carbocycles.